The first-order valence-corrected chi connectivity index (χ1v) is 8.27. The molecule has 120 valence electrons. The molecule has 1 fully saturated rings. The minimum atomic E-state index is 0. The Hall–Kier alpha value is -0.280. The number of nitrogens with zero attached hydrogens (tertiary/aromatic N) is 1. The summed E-state index contributed by atoms with van der Waals surface area (Å²) in [5, 5.41) is 0.797. The molecule has 1 aliphatic rings. The van der Waals surface area contributed by atoms with Gasteiger partial charge in [0.15, 0.2) is 0 Å². The van der Waals surface area contributed by atoms with Gasteiger partial charge in [0.25, 0.3) is 0 Å². The number of hydrogen-bond donors (Lipinski definition) is 0. The average molecular weight is 332 g/mol. The lowest BCUT2D eigenvalue weighted by atomic mass is 10.1. The number of piperidine rings is 1. The van der Waals surface area contributed by atoms with Crippen molar-refractivity contribution in [1.29, 1.82) is 0 Å². The van der Waals surface area contributed by atoms with E-state index in [9.17, 15) is 0 Å². The van der Waals surface area contributed by atoms with Gasteiger partial charge in [0.1, 0.15) is 0 Å². The summed E-state index contributed by atoms with van der Waals surface area (Å²) in [6.45, 7) is 6.43. The Morgan fingerprint density at radius 2 is 2.00 bits per heavy atom. The third kappa shape index (κ3) is 6.56. The Balaban J connectivity index is 0.00000220. The smallest absolute Gasteiger partial charge is 0.0952 e. The fourth-order valence-corrected chi connectivity index (χ4v) is 2.91. The Kier molecular flexibility index (Phi) is 9.34. The third-order valence-corrected chi connectivity index (χ3v) is 4.15. The highest BCUT2D eigenvalue weighted by Crippen LogP contribution is 2.24. The number of halogens is 2. The highest BCUT2D eigenvalue weighted by Gasteiger charge is 2.18. The molecule has 0 aromatic heterocycles. The van der Waals surface area contributed by atoms with E-state index in [1.807, 2.05) is 18.2 Å². The number of hydrogen-bond acceptors (Lipinski definition) is 2. The first-order chi connectivity index (χ1) is 9.79. The summed E-state index contributed by atoms with van der Waals surface area (Å²) in [5.41, 5.74) is 1.21. The van der Waals surface area contributed by atoms with E-state index in [-0.39, 0.29) is 18.5 Å². The van der Waals surface area contributed by atoms with E-state index in [0.717, 1.165) is 24.6 Å². The van der Waals surface area contributed by atoms with Gasteiger partial charge in [-0.25, -0.2) is 0 Å². The number of benzene rings is 1. The molecule has 1 aromatic rings. The Bertz CT molecular complexity index is 394. The van der Waals surface area contributed by atoms with Crippen molar-refractivity contribution in [1.82, 2.24) is 4.90 Å². The molecule has 21 heavy (non-hydrogen) atoms. The summed E-state index contributed by atoms with van der Waals surface area (Å²) in [6, 6.07) is 8.12. The lowest BCUT2D eigenvalue weighted by molar-refractivity contribution is 0.0192. The lowest BCUT2D eigenvalue weighted by Gasteiger charge is -2.30. The summed E-state index contributed by atoms with van der Waals surface area (Å²) < 4.78 is 6.13. The molecule has 0 spiro atoms. The molecule has 1 unspecified atom stereocenters. The van der Waals surface area contributed by atoms with Gasteiger partial charge in [-0.3, -0.25) is 0 Å². The van der Waals surface area contributed by atoms with E-state index in [1.165, 1.54) is 44.3 Å². The van der Waals surface area contributed by atoms with Gasteiger partial charge in [-0.1, -0.05) is 43.5 Å². The molecule has 2 rings (SSSR count). The quantitative estimate of drug-likeness (QED) is 0.644. The molecule has 2 nitrogen and oxygen atoms in total. The maximum absolute atomic E-state index is 6.13. The molecule has 1 aliphatic heterocycles. The summed E-state index contributed by atoms with van der Waals surface area (Å²) in [6.07, 6.45) is 6.45. The Labute approximate surface area is 140 Å². The second-order valence-electron chi connectivity index (χ2n) is 5.63. The van der Waals surface area contributed by atoms with E-state index in [2.05, 4.69) is 17.9 Å². The van der Waals surface area contributed by atoms with Crippen molar-refractivity contribution in [2.75, 3.05) is 26.2 Å². The van der Waals surface area contributed by atoms with Crippen LogP contribution in [0.1, 0.15) is 50.7 Å². The van der Waals surface area contributed by atoms with Crippen LogP contribution >= 0.6 is 24.0 Å². The molecule has 0 saturated carbocycles. The van der Waals surface area contributed by atoms with Crippen molar-refractivity contribution in [2.45, 2.75) is 45.1 Å². The Morgan fingerprint density at radius 1 is 1.24 bits per heavy atom. The fraction of sp³-hybridized carbons (Fsp3) is 0.647. The van der Waals surface area contributed by atoms with Crippen molar-refractivity contribution in [3.63, 3.8) is 0 Å². The van der Waals surface area contributed by atoms with Crippen LogP contribution < -0.4 is 0 Å². The molecule has 1 heterocycles. The van der Waals surface area contributed by atoms with Gasteiger partial charge in [0.2, 0.25) is 0 Å². The highest BCUT2D eigenvalue weighted by molar-refractivity contribution is 6.30. The zero-order valence-electron chi connectivity index (χ0n) is 12.9. The molecule has 0 bridgehead atoms. The Morgan fingerprint density at radius 3 is 2.67 bits per heavy atom. The van der Waals surface area contributed by atoms with Crippen LogP contribution in [0.25, 0.3) is 0 Å². The van der Waals surface area contributed by atoms with Crippen LogP contribution in [0.15, 0.2) is 24.3 Å². The predicted octanol–water partition coefficient (Wildman–Crippen LogP) is 5.11. The van der Waals surface area contributed by atoms with Crippen LogP contribution in [0, 0.1) is 0 Å². The van der Waals surface area contributed by atoms with Crippen molar-refractivity contribution >= 4 is 24.0 Å². The lowest BCUT2D eigenvalue weighted by Crippen LogP contribution is -2.34. The number of unbranched alkanes of at least 4 members (excludes halogenated alkanes) is 1. The van der Waals surface area contributed by atoms with E-state index >= 15 is 0 Å². The van der Waals surface area contributed by atoms with E-state index in [4.69, 9.17) is 16.3 Å². The van der Waals surface area contributed by atoms with Crippen LogP contribution in [0.5, 0.6) is 0 Å². The van der Waals surface area contributed by atoms with Crippen LogP contribution in [0.2, 0.25) is 5.02 Å². The standard InChI is InChI=1S/C17H26ClNO.ClH/c1-2-3-12-20-17(14-19-10-5-4-6-11-19)15-8-7-9-16(18)13-15;/h7-9,13,17H,2-6,10-12,14H2,1H3;1H. The number of likely N-dealkylation sites (tertiary alicyclic amines) is 1. The van der Waals surface area contributed by atoms with Gasteiger partial charge >= 0.3 is 0 Å². The van der Waals surface area contributed by atoms with E-state index in [1.54, 1.807) is 0 Å². The second-order valence-corrected chi connectivity index (χ2v) is 6.07. The van der Waals surface area contributed by atoms with Gasteiger partial charge in [-0.2, -0.15) is 0 Å². The normalized spacial score (nSPS) is 17.2. The molecule has 0 aliphatic carbocycles. The number of ether oxygens (including phenoxy) is 1. The highest BCUT2D eigenvalue weighted by atomic mass is 35.5. The third-order valence-electron chi connectivity index (χ3n) is 3.91. The summed E-state index contributed by atoms with van der Waals surface area (Å²) in [4.78, 5) is 2.53. The van der Waals surface area contributed by atoms with Gasteiger partial charge in [-0.05, 0) is 50.0 Å². The van der Waals surface area contributed by atoms with Crippen molar-refractivity contribution in [3.8, 4) is 0 Å². The molecule has 0 amide bonds. The minimum Gasteiger partial charge on any atom is -0.372 e. The predicted molar refractivity (Wildman–Crippen MR) is 92.6 cm³/mol. The summed E-state index contributed by atoms with van der Waals surface area (Å²) in [7, 11) is 0. The molecular weight excluding hydrogens is 305 g/mol. The maximum atomic E-state index is 6.13. The second kappa shape index (κ2) is 10.4. The van der Waals surface area contributed by atoms with Gasteiger partial charge in [0, 0.05) is 18.2 Å². The maximum Gasteiger partial charge on any atom is 0.0952 e. The molecule has 1 saturated heterocycles. The van der Waals surface area contributed by atoms with Crippen molar-refractivity contribution < 1.29 is 4.74 Å². The molecule has 0 N–H and O–H groups in total. The molecule has 1 atom stereocenters. The van der Waals surface area contributed by atoms with E-state index in [0.29, 0.717) is 0 Å². The van der Waals surface area contributed by atoms with Gasteiger partial charge in [0.05, 0.1) is 6.10 Å². The SMILES string of the molecule is CCCCOC(CN1CCCCC1)c1cccc(Cl)c1.Cl. The average Bonchev–Trinajstić information content (AvgIpc) is 2.47. The molecule has 1 aromatic carbocycles. The van der Waals surface area contributed by atoms with Crippen LogP contribution in [0.4, 0.5) is 0 Å². The topological polar surface area (TPSA) is 12.5 Å². The largest absolute Gasteiger partial charge is 0.372 e. The fourth-order valence-electron chi connectivity index (χ4n) is 2.71. The zero-order chi connectivity index (χ0) is 14.2. The molecule has 4 heteroatoms. The van der Waals surface area contributed by atoms with Gasteiger partial charge in [-0.15, -0.1) is 12.4 Å². The summed E-state index contributed by atoms with van der Waals surface area (Å²) in [5.74, 6) is 0. The molecular formula is C17H27Cl2NO. The van der Waals surface area contributed by atoms with E-state index < -0.39 is 0 Å². The van der Waals surface area contributed by atoms with Crippen molar-refractivity contribution in [2.24, 2.45) is 0 Å². The van der Waals surface area contributed by atoms with Crippen molar-refractivity contribution in [3.05, 3.63) is 34.9 Å². The minimum absolute atomic E-state index is 0. The molecule has 0 radical (unpaired) electrons. The first kappa shape index (κ1) is 18.8. The van der Waals surface area contributed by atoms with Gasteiger partial charge < -0.3 is 9.64 Å². The zero-order valence-corrected chi connectivity index (χ0v) is 14.5. The van der Waals surface area contributed by atoms with Crippen LogP contribution in [-0.2, 0) is 4.74 Å². The summed E-state index contributed by atoms with van der Waals surface area (Å²) >= 11 is 6.12. The number of rotatable bonds is 7. The monoisotopic (exact) mass is 331 g/mol. The first-order valence-electron chi connectivity index (χ1n) is 7.89. The van der Waals surface area contributed by atoms with Crippen LogP contribution in [-0.4, -0.2) is 31.1 Å². The van der Waals surface area contributed by atoms with Crippen LogP contribution in [0.3, 0.4) is 0 Å².